The lowest BCUT2D eigenvalue weighted by Gasteiger charge is -2.27. The molecule has 0 bridgehead atoms. The minimum absolute atomic E-state index is 1.58. The smallest absolute Gasteiger partial charge is 0.475 e. The van der Waals surface area contributed by atoms with E-state index < -0.39 is 30.7 Å². The van der Waals surface area contributed by atoms with Gasteiger partial charge < -0.3 is 5.11 Å². The number of aliphatic carboxylic acids is 1. The SMILES string of the molecule is O=C(O)C(F)(F)OC(F)(F)C(F)(F)OC(F)(F)F. The highest BCUT2D eigenvalue weighted by molar-refractivity contribution is 5.73. The van der Waals surface area contributed by atoms with Crippen LogP contribution in [0.1, 0.15) is 0 Å². The fourth-order valence-corrected chi connectivity index (χ4v) is 0.469. The molecule has 0 spiro atoms. The quantitative estimate of drug-likeness (QED) is 0.792. The zero-order valence-corrected chi connectivity index (χ0v) is 7.57. The molecule has 0 heterocycles. The second-order valence-corrected chi connectivity index (χ2v) is 2.51. The highest BCUT2D eigenvalue weighted by Crippen LogP contribution is 2.43. The van der Waals surface area contributed by atoms with Crippen LogP contribution in [0.2, 0.25) is 0 Å². The van der Waals surface area contributed by atoms with Crippen LogP contribution in [0.25, 0.3) is 0 Å². The van der Waals surface area contributed by atoms with E-state index in [0.717, 1.165) is 0 Å². The molecular weight excluding hydrogens is 295 g/mol. The maximum atomic E-state index is 12.2. The molecule has 0 aromatic rings. The molecule has 0 aliphatic carbocycles. The molecule has 0 rings (SSSR count). The normalized spacial score (nSPS) is 14.7. The molecule has 108 valence electrons. The van der Waals surface area contributed by atoms with Gasteiger partial charge in [0, 0.05) is 0 Å². The number of hydrogen-bond donors (Lipinski definition) is 1. The van der Waals surface area contributed by atoms with Gasteiger partial charge in [0.05, 0.1) is 0 Å². The maximum absolute atomic E-state index is 12.2. The van der Waals surface area contributed by atoms with Gasteiger partial charge in [-0.2, -0.15) is 26.3 Å². The number of carboxylic acid groups (broad SMARTS) is 1. The Morgan fingerprint density at radius 2 is 1.11 bits per heavy atom. The minimum atomic E-state index is -6.55. The van der Waals surface area contributed by atoms with Crippen molar-refractivity contribution in [2.45, 2.75) is 24.7 Å². The summed E-state index contributed by atoms with van der Waals surface area (Å²) in [6, 6.07) is 0. The average molecular weight is 296 g/mol. The molecule has 0 fully saturated rings. The number of carbonyl (C=O) groups is 1. The van der Waals surface area contributed by atoms with Gasteiger partial charge in [-0.15, -0.1) is 13.2 Å². The van der Waals surface area contributed by atoms with Gasteiger partial charge in [0.15, 0.2) is 0 Å². The Labute approximate surface area is 90.9 Å². The number of carboxylic acids is 1. The number of alkyl halides is 9. The molecule has 0 aliphatic heterocycles. The summed E-state index contributed by atoms with van der Waals surface area (Å²) in [6.07, 6.45) is -25.2. The van der Waals surface area contributed by atoms with Crippen LogP contribution < -0.4 is 0 Å². The molecule has 0 aliphatic rings. The van der Waals surface area contributed by atoms with E-state index in [-0.39, 0.29) is 0 Å². The summed E-state index contributed by atoms with van der Waals surface area (Å²) in [5.74, 6) is -3.41. The lowest BCUT2D eigenvalue weighted by Crippen LogP contribution is -2.52. The molecule has 0 aromatic carbocycles. The van der Waals surface area contributed by atoms with Crippen molar-refractivity contribution in [2.75, 3.05) is 0 Å². The predicted molar refractivity (Wildman–Crippen MR) is 30.7 cm³/mol. The number of hydrogen-bond acceptors (Lipinski definition) is 3. The van der Waals surface area contributed by atoms with E-state index in [9.17, 15) is 44.3 Å². The summed E-state index contributed by atoms with van der Waals surface area (Å²) in [4.78, 5) is 9.59. The number of halogens is 9. The first kappa shape index (κ1) is 16.8. The fourth-order valence-electron chi connectivity index (χ4n) is 0.469. The predicted octanol–water partition coefficient (Wildman–Crippen LogP) is 2.40. The fraction of sp³-hybridized carbons (Fsp3) is 0.800. The standard InChI is InChI=1S/C5HF9O4/c6-2(7,1(15)16)17-3(8,9)4(10,11)18-5(12,13)14/h(H,15,16). The Balaban J connectivity index is 5.08. The van der Waals surface area contributed by atoms with Gasteiger partial charge in [-0.3, -0.25) is 0 Å². The molecule has 0 radical (unpaired) electrons. The Kier molecular flexibility index (Phi) is 4.15. The van der Waals surface area contributed by atoms with E-state index in [1.54, 1.807) is 4.74 Å². The van der Waals surface area contributed by atoms with Crippen molar-refractivity contribution in [1.82, 2.24) is 0 Å². The molecule has 1 N–H and O–H groups in total. The molecular formula is C5HF9O4. The van der Waals surface area contributed by atoms with Crippen molar-refractivity contribution in [3.8, 4) is 0 Å². The van der Waals surface area contributed by atoms with Crippen LogP contribution in [-0.4, -0.2) is 35.8 Å². The molecule has 0 saturated carbocycles. The summed E-state index contributed by atoms with van der Waals surface area (Å²) in [5.41, 5.74) is 0. The van der Waals surface area contributed by atoms with Crippen molar-refractivity contribution in [3.63, 3.8) is 0 Å². The molecule has 13 heteroatoms. The van der Waals surface area contributed by atoms with Crippen molar-refractivity contribution < 1.29 is 58.9 Å². The van der Waals surface area contributed by atoms with Crippen LogP contribution in [0.15, 0.2) is 0 Å². The van der Waals surface area contributed by atoms with Crippen LogP contribution in [0, 0.1) is 0 Å². The Hall–Kier alpha value is -1.24. The summed E-state index contributed by atoms with van der Waals surface area (Å²) < 4.78 is 110. The van der Waals surface area contributed by atoms with Gasteiger partial charge in [-0.25, -0.2) is 14.3 Å². The first-order valence-corrected chi connectivity index (χ1v) is 3.45. The van der Waals surface area contributed by atoms with Crippen molar-refractivity contribution in [2.24, 2.45) is 0 Å². The van der Waals surface area contributed by atoms with Crippen molar-refractivity contribution in [3.05, 3.63) is 0 Å². The first-order chi connectivity index (χ1) is 7.61. The Bertz CT molecular complexity index is 321. The van der Waals surface area contributed by atoms with Gasteiger partial charge in [0.25, 0.3) is 0 Å². The molecule has 4 nitrogen and oxygen atoms in total. The van der Waals surface area contributed by atoms with E-state index in [1.807, 2.05) is 4.74 Å². The highest BCUT2D eigenvalue weighted by Gasteiger charge is 2.69. The maximum Gasteiger partial charge on any atom is 0.527 e. The second-order valence-electron chi connectivity index (χ2n) is 2.51. The van der Waals surface area contributed by atoms with E-state index >= 15 is 0 Å². The van der Waals surface area contributed by atoms with Gasteiger partial charge in [-0.1, -0.05) is 0 Å². The lowest BCUT2D eigenvalue weighted by atomic mass is 10.5. The molecule has 0 unspecified atom stereocenters. The monoisotopic (exact) mass is 296 g/mol. The third kappa shape index (κ3) is 4.21. The van der Waals surface area contributed by atoms with Crippen molar-refractivity contribution in [1.29, 1.82) is 0 Å². The van der Waals surface area contributed by atoms with E-state index in [0.29, 0.717) is 0 Å². The third-order valence-electron chi connectivity index (χ3n) is 1.09. The zero-order valence-electron chi connectivity index (χ0n) is 7.57. The lowest BCUT2D eigenvalue weighted by molar-refractivity contribution is -0.524. The van der Waals surface area contributed by atoms with Gasteiger partial charge in [0.1, 0.15) is 0 Å². The molecule has 0 saturated heterocycles. The summed E-state index contributed by atoms with van der Waals surface area (Å²) in [7, 11) is 0. The highest BCUT2D eigenvalue weighted by atomic mass is 19.4. The van der Waals surface area contributed by atoms with Gasteiger partial charge in [0.2, 0.25) is 0 Å². The van der Waals surface area contributed by atoms with Crippen LogP contribution in [0.4, 0.5) is 39.5 Å². The summed E-state index contributed by atoms with van der Waals surface area (Å²) >= 11 is 0. The number of rotatable bonds is 5. The topological polar surface area (TPSA) is 55.8 Å². The van der Waals surface area contributed by atoms with Crippen LogP contribution in [0.5, 0.6) is 0 Å². The largest absolute Gasteiger partial charge is 0.527 e. The van der Waals surface area contributed by atoms with E-state index in [2.05, 4.69) is 0 Å². The first-order valence-electron chi connectivity index (χ1n) is 3.45. The van der Waals surface area contributed by atoms with Gasteiger partial charge in [-0.05, 0) is 0 Å². The minimum Gasteiger partial charge on any atom is -0.475 e. The summed E-state index contributed by atoms with van der Waals surface area (Å²) in [6.45, 7) is 0. The summed E-state index contributed by atoms with van der Waals surface area (Å²) in [5, 5.41) is 7.59. The Morgan fingerprint density at radius 1 is 0.778 bits per heavy atom. The Morgan fingerprint density at radius 3 is 1.39 bits per heavy atom. The van der Waals surface area contributed by atoms with Gasteiger partial charge >= 0.3 is 30.7 Å². The number of ether oxygens (including phenoxy) is 2. The van der Waals surface area contributed by atoms with Crippen LogP contribution >= 0.6 is 0 Å². The molecule has 0 aromatic heterocycles. The van der Waals surface area contributed by atoms with E-state index in [1.165, 1.54) is 0 Å². The van der Waals surface area contributed by atoms with E-state index in [4.69, 9.17) is 5.11 Å². The molecule has 0 atom stereocenters. The van der Waals surface area contributed by atoms with Crippen molar-refractivity contribution >= 4 is 5.97 Å². The molecule has 0 amide bonds. The second kappa shape index (κ2) is 4.46. The van der Waals surface area contributed by atoms with Crippen LogP contribution in [-0.2, 0) is 14.3 Å². The molecule has 18 heavy (non-hydrogen) atoms. The van der Waals surface area contributed by atoms with Crippen LogP contribution in [0.3, 0.4) is 0 Å². The average Bonchev–Trinajstić information content (AvgIpc) is 1.95. The third-order valence-corrected chi connectivity index (χ3v) is 1.09. The zero-order chi connectivity index (χ0) is 15.0.